The van der Waals surface area contributed by atoms with Crippen molar-refractivity contribution in [1.29, 1.82) is 0 Å². The summed E-state index contributed by atoms with van der Waals surface area (Å²) in [5.74, 6) is 0.395. The van der Waals surface area contributed by atoms with Crippen LogP contribution in [0.5, 0.6) is 0 Å². The SMILES string of the molecule is CC1C[C@@H](Cc2ccc(-c3ccccc3)cc2)N(Cc2ccccc2)C1=O. The van der Waals surface area contributed by atoms with Gasteiger partial charge < -0.3 is 4.90 Å². The second-order valence-electron chi connectivity index (χ2n) is 7.51. The minimum atomic E-state index is 0.113. The molecule has 4 rings (SSSR count). The van der Waals surface area contributed by atoms with Gasteiger partial charge in [-0.1, -0.05) is 91.9 Å². The van der Waals surface area contributed by atoms with Crippen LogP contribution < -0.4 is 0 Å². The van der Waals surface area contributed by atoms with Crippen LogP contribution in [0.2, 0.25) is 0 Å². The molecule has 1 heterocycles. The first-order valence-electron chi connectivity index (χ1n) is 9.69. The molecule has 0 radical (unpaired) electrons. The molecule has 1 fully saturated rings. The van der Waals surface area contributed by atoms with Gasteiger partial charge in [-0.25, -0.2) is 0 Å². The van der Waals surface area contributed by atoms with Crippen molar-refractivity contribution in [3.63, 3.8) is 0 Å². The first kappa shape index (κ1) is 17.5. The quantitative estimate of drug-likeness (QED) is 0.605. The highest BCUT2D eigenvalue weighted by Gasteiger charge is 2.36. The summed E-state index contributed by atoms with van der Waals surface area (Å²) in [6.45, 7) is 2.76. The molecule has 2 nitrogen and oxygen atoms in total. The van der Waals surface area contributed by atoms with Crippen LogP contribution in [0.15, 0.2) is 84.9 Å². The molecule has 1 amide bonds. The van der Waals surface area contributed by atoms with Gasteiger partial charge in [0, 0.05) is 18.5 Å². The summed E-state index contributed by atoms with van der Waals surface area (Å²) >= 11 is 0. The largest absolute Gasteiger partial charge is 0.335 e. The zero-order chi connectivity index (χ0) is 18.6. The van der Waals surface area contributed by atoms with E-state index < -0.39 is 0 Å². The minimum absolute atomic E-state index is 0.113. The third kappa shape index (κ3) is 3.95. The number of benzene rings is 3. The predicted octanol–water partition coefficient (Wildman–Crippen LogP) is 5.33. The lowest BCUT2D eigenvalue weighted by atomic mass is 9.98. The first-order valence-corrected chi connectivity index (χ1v) is 9.69. The van der Waals surface area contributed by atoms with Crippen LogP contribution in [0.1, 0.15) is 24.5 Å². The third-order valence-electron chi connectivity index (χ3n) is 5.50. The Hall–Kier alpha value is -2.87. The van der Waals surface area contributed by atoms with Crippen LogP contribution in [0, 0.1) is 5.92 Å². The lowest BCUT2D eigenvalue weighted by Crippen LogP contribution is -2.34. The molecule has 0 saturated carbocycles. The Balaban J connectivity index is 1.49. The Morgan fingerprint density at radius 3 is 2.04 bits per heavy atom. The van der Waals surface area contributed by atoms with Crippen molar-refractivity contribution < 1.29 is 4.79 Å². The first-order chi connectivity index (χ1) is 13.2. The molecule has 1 aliphatic heterocycles. The summed E-state index contributed by atoms with van der Waals surface area (Å²) in [7, 11) is 0. The molecule has 0 aliphatic carbocycles. The maximum atomic E-state index is 12.7. The Morgan fingerprint density at radius 1 is 0.778 bits per heavy atom. The molecule has 3 aromatic carbocycles. The smallest absolute Gasteiger partial charge is 0.226 e. The molecule has 0 bridgehead atoms. The van der Waals surface area contributed by atoms with E-state index in [0.29, 0.717) is 6.54 Å². The molecule has 27 heavy (non-hydrogen) atoms. The van der Waals surface area contributed by atoms with Gasteiger partial charge in [-0.15, -0.1) is 0 Å². The number of carbonyl (C=O) groups excluding carboxylic acids is 1. The summed E-state index contributed by atoms with van der Waals surface area (Å²) < 4.78 is 0. The van der Waals surface area contributed by atoms with E-state index in [-0.39, 0.29) is 17.9 Å². The number of rotatable bonds is 5. The van der Waals surface area contributed by atoms with E-state index in [2.05, 4.69) is 72.5 Å². The van der Waals surface area contributed by atoms with Crippen molar-refractivity contribution in [1.82, 2.24) is 4.90 Å². The lowest BCUT2D eigenvalue weighted by Gasteiger charge is -2.25. The maximum absolute atomic E-state index is 12.7. The van der Waals surface area contributed by atoms with Crippen molar-refractivity contribution in [3.05, 3.63) is 96.1 Å². The van der Waals surface area contributed by atoms with Gasteiger partial charge in [-0.2, -0.15) is 0 Å². The van der Waals surface area contributed by atoms with Crippen LogP contribution in [0.3, 0.4) is 0 Å². The van der Waals surface area contributed by atoms with E-state index >= 15 is 0 Å². The average Bonchev–Trinajstić information content (AvgIpc) is 2.97. The van der Waals surface area contributed by atoms with Gasteiger partial charge in [0.25, 0.3) is 0 Å². The van der Waals surface area contributed by atoms with Crippen molar-refractivity contribution >= 4 is 5.91 Å². The lowest BCUT2D eigenvalue weighted by molar-refractivity contribution is -0.132. The number of amides is 1. The Kier molecular flexibility index (Phi) is 5.06. The molecular formula is C25H25NO. The highest BCUT2D eigenvalue weighted by Crippen LogP contribution is 2.29. The highest BCUT2D eigenvalue weighted by atomic mass is 16.2. The normalized spacial score (nSPS) is 19.4. The number of likely N-dealkylation sites (tertiary alicyclic amines) is 1. The van der Waals surface area contributed by atoms with Crippen LogP contribution in [-0.4, -0.2) is 16.8 Å². The van der Waals surface area contributed by atoms with Gasteiger partial charge in [0.15, 0.2) is 0 Å². The van der Waals surface area contributed by atoms with E-state index in [9.17, 15) is 4.79 Å². The summed E-state index contributed by atoms with van der Waals surface area (Å²) in [5, 5.41) is 0. The molecule has 0 aromatic heterocycles. The van der Waals surface area contributed by atoms with Crippen LogP contribution in [0.25, 0.3) is 11.1 Å². The Morgan fingerprint density at radius 2 is 1.37 bits per heavy atom. The molecule has 2 heteroatoms. The standard InChI is InChI=1S/C25H25NO/c1-19-16-24(26(25(19)27)18-21-8-4-2-5-9-21)17-20-12-14-23(15-13-20)22-10-6-3-7-11-22/h2-15,19,24H,16-18H2,1H3/t19?,24-/m0/s1. The molecule has 1 aliphatic rings. The van der Waals surface area contributed by atoms with E-state index in [1.54, 1.807) is 0 Å². The maximum Gasteiger partial charge on any atom is 0.226 e. The molecular weight excluding hydrogens is 330 g/mol. The van der Waals surface area contributed by atoms with Crippen LogP contribution in [0.4, 0.5) is 0 Å². The van der Waals surface area contributed by atoms with Crippen molar-refractivity contribution in [2.45, 2.75) is 32.4 Å². The van der Waals surface area contributed by atoms with E-state index in [4.69, 9.17) is 0 Å². The zero-order valence-corrected chi connectivity index (χ0v) is 15.7. The van der Waals surface area contributed by atoms with Gasteiger partial charge in [0.2, 0.25) is 5.91 Å². The number of hydrogen-bond donors (Lipinski definition) is 0. The molecule has 3 aromatic rings. The van der Waals surface area contributed by atoms with Gasteiger partial charge in [0.05, 0.1) is 0 Å². The fourth-order valence-corrected chi connectivity index (χ4v) is 4.02. The second-order valence-corrected chi connectivity index (χ2v) is 7.51. The topological polar surface area (TPSA) is 20.3 Å². The third-order valence-corrected chi connectivity index (χ3v) is 5.50. The van der Waals surface area contributed by atoms with Crippen molar-refractivity contribution in [2.24, 2.45) is 5.92 Å². The zero-order valence-electron chi connectivity index (χ0n) is 15.7. The summed E-state index contributed by atoms with van der Waals surface area (Å²) in [6, 6.07) is 29.8. The van der Waals surface area contributed by atoms with Crippen molar-refractivity contribution in [3.8, 4) is 11.1 Å². The number of carbonyl (C=O) groups is 1. The van der Waals surface area contributed by atoms with E-state index in [0.717, 1.165) is 12.8 Å². The molecule has 0 spiro atoms. The minimum Gasteiger partial charge on any atom is -0.335 e. The van der Waals surface area contributed by atoms with E-state index in [1.165, 1.54) is 22.3 Å². The van der Waals surface area contributed by atoms with Gasteiger partial charge in [-0.3, -0.25) is 4.79 Å². The molecule has 0 N–H and O–H groups in total. The monoisotopic (exact) mass is 355 g/mol. The molecule has 1 unspecified atom stereocenters. The second kappa shape index (κ2) is 7.79. The highest BCUT2D eigenvalue weighted by molar-refractivity contribution is 5.81. The van der Waals surface area contributed by atoms with Crippen molar-refractivity contribution in [2.75, 3.05) is 0 Å². The summed E-state index contributed by atoms with van der Waals surface area (Å²) in [4.78, 5) is 14.7. The Labute approximate surface area is 161 Å². The predicted molar refractivity (Wildman–Crippen MR) is 110 cm³/mol. The van der Waals surface area contributed by atoms with Crippen LogP contribution >= 0.6 is 0 Å². The summed E-state index contributed by atoms with van der Waals surface area (Å²) in [6.07, 6.45) is 1.85. The molecule has 136 valence electrons. The van der Waals surface area contributed by atoms with Crippen LogP contribution in [-0.2, 0) is 17.8 Å². The average molecular weight is 355 g/mol. The number of hydrogen-bond acceptors (Lipinski definition) is 1. The van der Waals surface area contributed by atoms with Gasteiger partial charge in [-0.05, 0) is 35.1 Å². The number of nitrogens with zero attached hydrogens (tertiary/aromatic N) is 1. The fourth-order valence-electron chi connectivity index (χ4n) is 4.02. The van der Waals surface area contributed by atoms with Gasteiger partial charge in [0.1, 0.15) is 0 Å². The van der Waals surface area contributed by atoms with Gasteiger partial charge >= 0.3 is 0 Å². The van der Waals surface area contributed by atoms with E-state index in [1.807, 2.05) is 24.3 Å². The molecule has 1 saturated heterocycles. The molecule has 2 atom stereocenters. The summed E-state index contributed by atoms with van der Waals surface area (Å²) in [5.41, 5.74) is 4.96. The fraction of sp³-hybridized carbons (Fsp3) is 0.240. The Bertz CT molecular complexity index is 887.